The topological polar surface area (TPSA) is 139 Å². The lowest BCUT2D eigenvalue weighted by Gasteiger charge is -2.65. The summed E-state index contributed by atoms with van der Waals surface area (Å²) in [6.07, 6.45) is -3.16. The molecule has 0 unspecified atom stereocenters. The molecule has 1 heterocycles. The quantitative estimate of drug-likeness (QED) is 0.237. The lowest BCUT2D eigenvalue weighted by atomic mass is 9.60. The molecule has 1 saturated heterocycles. The molecule has 4 atom stereocenters. The third-order valence-electron chi connectivity index (χ3n) is 7.96. The summed E-state index contributed by atoms with van der Waals surface area (Å²) in [6, 6.07) is 11.1. The van der Waals surface area contributed by atoms with Gasteiger partial charge in [-0.25, -0.2) is 5.06 Å². The van der Waals surface area contributed by atoms with Gasteiger partial charge in [0.2, 0.25) is 17.3 Å². The molecule has 1 aliphatic carbocycles. The minimum absolute atomic E-state index is 0.0686. The predicted molar refractivity (Wildman–Crippen MR) is 161 cm³/mol. The number of hydrogen-bond donors (Lipinski definition) is 2. The van der Waals surface area contributed by atoms with Gasteiger partial charge in [0.05, 0.1) is 6.42 Å². The number of amides is 1. The first-order valence-corrected chi connectivity index (χ1v) is 23.6. The van der Waals surface area contributed by atoms with Gasteiger partial charge in [-0.05, 0) is 63.0 Å². The van der Waals surface area contributed by atoms with Crippen LogP contribution in [0, 0.1) is 11.3 Å². The van der Waals surface area contributed by atoms with Crippen LogP contribution in [0.15, 0.2) is 30.3 Å². The van der Waals surface area contributed by atoms with Crippen LogP contribution < -0.4 is 0 Å². The summed E-state index contributed by atoms with van der Waals surface area (Å²) in [5, 5.41) is 34.8. The third kappa shape index (κ3) is 6.04. The minimum Gasteiger partial charge on any atom is -0.409 e. The molecule has 1 aromatic carbocycles. The average Bonchev–Trinajstić information content (AvgIpc) is 2.80. The molecule has 3 rings (SSSR count). The highest BCUT2D eigenvalue weighted by molar-refractivity contribution is 6.74. The van der Waals surface area contributed by atoms with Crippen molar-refractivity contribution in [2.45, 2.75) is 120 Å². The van der Waals surface area contributed by atoms with Crippen molar-refractivity contribution in [3.8, 4) is 6.07 Å². The molecule has 1 saturated carbocycles. The molecule has 0 aromatic heterocycles. The fourth-order valence-corrected chi connectivity index (χ4v) is 8.62. The van der Waals surface area contributed by atoms with E-state index in [0.29, 0.717) is 0 Å². The summed E-state index contributed by atoms with van der Waals surface area (Å²) in [6.45, 7) is 21.1. The number of hydroxylamine groups is 2. The van der Waals surface area contributed by atoms with E-state index in [1.807, 2.05) is 77.8 Å². The van der Waals surface area contributed by atoms with Crippen LogP contribution in [0.4, 0.5) is 0 Å². The summed E-state index contributed by atoms with van der Waals surface area (Å²) in [5.74, 6) is -5.08. The number of hydrogen-bond acceptors (Lipinski definition) is 9. The van der Waals surface area contributed by atoms with Crippen LogP contribution in [-0.4, -0.2) is 81.1 Å². The second kappa shape index (κ2) is 10.8. The van der Waals surface area contributed by atoms with Crippen LogP contribution >= 0.6 is 0 Å². The zero-order valence-corrected chi connectivity index (χ0v) is 29.2. The minimum atomic E-state index is -3.25. The van der Waals surface area contributed by atoms with Crippen LogP contribution in [-0.2, 0) is 34.3 Å². The first-order valence-electron chi connectivity index (χ1n) is 13.9. The first kappa shape index (κ1) is 33.8. The number of carbonyl (C=O) groups excluding carboxylic acids is 2. The van der Waals surface area contributed by atoms with Crippen LogP contribution in [0.3, 0.4) is 0 Å². The number of ketones is 1. The van der Waals surface area contributed by atoms with Crippen molar-refractivity contribution < 1.29 is 37.9 Å². The van der Waals surface area contributed by atoms with Gasteiger partial charge >= 0.3 is 0 Å². The van der Waals surface area contributed by atoms with Gasteiger partial charge in [-0.15, -0.1) is 0 Å². The molecule has 2 aliphatic rings. The van der Waals surface area contributed by atoms with Gasteiger partial charge in [0.1, 0.15) is 24.9 Å². The molecular weight excluding hydrogens is 577 g/mol. The lowest BCUT2D eigenvalue weighted by Crippen LogP contribution is -2.90. The standard InChI is InChI=1S/C28H46N2O8Si3/c1-25(2,3)41(10,11)37-22-23(36-39(4,5)6)27(17-21(31)30(27)35-18-20-15-13-12-14-16-20)28(33,34)24(32)26(22,19-29)38-40(7,8)9/h12-16,22-23,33-34H,17-18H2,1-11H3/t22-,23+,26-,27+/m0/s1. The maximum atomic E-state index is 14.3. The van der Waals surface area contributed by atoms with Crippen molar-refractivity contribution in [1.29, 1.82) is 5.26 Å². The van der Waals surface area contributed by atoms with Crippen molar-refractivity contribution in [3.05, 3.63) is 35.9 Å². The molecular formula is C28H46N2O8Si3. The molecule has 1 amide bonds. The van der Waals surface area contributed by atoms with E-state index in [0.717, 1.165) is 10.6 Å². The van der Waals surface area contributed by atoms with Gasteiger partial charge in [0.15, 0.2) is 30.5 Å². The number of nitrogens with zero attached hydrogens (tertiary/aromatic N) is 2. The Morgan fingerprint density at radius 1 is 0.951 bits per heavy atom. The van der Waals surface area contributed by atoms with E-state index in [4.69, 9.17) is 18.1 Å². The second-order valence-corrected chi connectivity index (χ2v) is 28.2. The van der Waals surface area contributed by atoms with Crippen molar-refractivity contribution in [1.82, 2.24) is 5.06 Å². The predicted octanol–water partition coefficient (Wildman–Crippen LogP) is 4.08. The summed E-state index contributed by atoms with van der Waals surface area (Å²) >= 11 is 0. The monoisotopic (exact) mass is 622 g/mol. The van der Waals surface area contributed by atoms with E-state index < -0.39 is 72.2 Å². The molecule has 41 heavy (non-hydrogen) atoms. The normalized spacial score (nSPS) is 28.9. The molecule has 10 nitrogen and oxygen atoms in total. The number of carbonyl (C=O) groups is 2. The maximum Gasteiger partial charge on any atom is 0.258 e. The number of β-lactam (4-membered cyclic amide) rings is 1. The second-order valence-electron chi connectivity index (χ2n) is 14.6. The summed E-state index contributed by atoms with van der Waals surface area (Å²) in [7, 11) is -8.06. The Balaban J connectivity index is 2.30. The Morgan fingerprint density at radius 2 is 1.51 bits per heavy atom. The number of rotatable bonds is 9. The van der Waals surface area contributed by atoms with Gasteiger partial charge < -0.3 is 23.5 Å². The highest BCUT2D eigenvalue weighted by Crippen LogP contribution is 2.55. The van der Waals surface area contributed by atoms with E-state index >= 15 is 0 Å². The van der Waals surface area contributed by atoms with E-state index in [9.17, 15) is 25.1 Å². The number of Topliss-reactive ketones (excluding diaryl/α,β-unsaturated/α-hetero) is 1. The van der Waals surface area contributed by atoms with E-state index in [-0.39, 0.29) is 11.6 Å². The fourth-order valence-electron chi connectivity index (χ4n) is 5.04. The van der Waals surface area contributed by atoms with Crippen LogP contribution in [0.25, 0.3) is 0 Å². The molecule has 1 spiro atoms. The number of aliphatic hydroxyl groups is 2. The highest BCUT2D eigenvalue weighted by Gasteiger charge is 2.82. The highest BCUT2D eigenvalue weighted by atomic mass is 28.4. The first-order chi connectivity index (χ1) is 18.5. The van der Waals surface area contributed by atoms with E-state index in [1.165, 1.54) is 0 Å². The molecule has 1 aromatic rings. The molecule has 1 aliphatic heterocycles. The Kier molecular flexibility index (Phi) is 8.86. The van der Waals surface area contributed by atoms with Crippen LogP contribution in [0.5, 0.6) is 0 Å². The summed E-state index contributed by atoms with van der Waals surface area (Å²) in [5.41, 5.74) is -3.74. The Labute approximate surface area is 246 Å². The summed E-state index contributed by atoms with van der Waals surface area (Å²) in [4.78, 5) is 33.4. The number of nitriles is 1. The zero-order chi connectivity index (χ0) is 31.4. The van der Waals surface area contributed by atoms with Crippen molar-refractivity contribution >= 4 is 36.6 Å². The number of benzene rings is 1. The third-order valence-corrected chi connectivity index (χ3v) is 14.3. The maximum absolute atomic E-state index is 14.3. The van der Waals surface area contributed by atoms with Crippen molar-refractivity contribution in [3.63, 3.8) is 0 Å². The fraction of sp³-hybridized carbons (Fsp3) is 0.679. The van der Waals surface area contributed by atoms with Crippen LogP contribution in [0.1, 0.15) is 32.8 Å². The van der Waals surface area contributed by atoms with Gasteiger partial charge in [-0.2, -0.15) is 5.26 Å². The molecule has 2 fully saturated rings. The van der Waals surface area contributed by atoms with Gasteiger partial charge in [0.25, 0.3) is 5.79 Å². The largest absolute Gasteiger partial charge is 0.409 e. The van der Waals surface area contributed by atoms with Gasteiger partial charge in [-0.1, -0.05) is 51.1 Å². The molecule has 228 valence electrons. The average molecular weight is 623 g/mol. The van der Waals surface area contributed by atoms with Gasteiger partial charge in [0, 0.05) is 0 Å². The zero-order valence-electron chi connectivity index (χ0n) is 26.2. The SMILES string of the molecule is CC(C)(C)[Si](C)(C)O[C@H]1[C@@H](O[Si](C)(C)C)[C@]2(CC(=O)N2OCc2ccccc2)C(O)(O)C(=O)[C@@]1(C#N)O[Si](C)(C)C. The smallest absolute Gasteiger partial charge is 0.258 e. The Morgan fingerprint density at radius 3 is 1.95 bits per heavy atom. The molecule has 0 bridgehead atoms. The van der Waals surface area contributed by atoms with Crippen molar-refractivity contribution in [2.75, 3.05) is 0 Å². The molecule has 2 N–H and O–H groups in total. The van der Waals surface area contributed by atoms with Crippen molar-refractivity contribution in [2.24, 2.45) is 0 Å². The van der Waals surface area contributed by atoms with Gasteiger partial charge in [-0.3, -0.25) is 14.4 Å². The summed E-state index contributed by atoms with van der Waals surface area (Å²) < 4.78 is 19.9. The molecule has 13 heteroatoms. The Bertz CT molecular complexity index is 1200. The molecule has 0 radical (unpaired) electrons. The van der Waals surface area contributed by atoms with E-state index in [1.54, 1.807) is 31.8 Å². The lowest BCUT2D eigenvalue weighted by molar-refractivity contribution is -0.372. The van der Waals surface area contributed by atoms with E-state index in [2.05, 4.69) is 0 Å². The Hall–Kier alpha value is -1.74. The van der Waals surface area contributed by atoms with Crippen LogP contribution in [0.2, 0.25) is 57.4 Å².